The van der Waals surface area contributed by atoms with E-state index in [1.165, 1.54) is 0 Å². The van der Waals surface area contributed by atoms with Crippen LogP contribution in [-0.2, 0) is 6.54 Å². The Labute approximate surface area is 108 Å². The Hall–Kier alpha value is -1.39. The molecule has 0 aromatic carbocycles. The van der Waals surface area contributed by atoms with Crippen LogP contribution in [0, 0.1) is 0 Å². The lowest BCUT2D eigenvalue weighted by atomic mass is 10.2. The van der Waals surface area contributed by atoms with Gasteiger partial charge in [-0.1, -0.05) is 6.07 Å². The highest BCUT2D eigenvalue weighted by molar-refractivity contribution is 5.39. The van der Waals surface area contributed by atoms with Gasteiger partial charge in [0.15, 0.2) is 0 Å². The molecule has 1 atom stereocenters. The number of imidazole rings is 1. The summed E-state index contributed by atoms with van der Waals surface area (Å²) in [5.41, 5.74) is 2.12. The summed E-state index contributed by atoms with van der Waals surface area (Å²) in [6.45, 7) is 7.59. The molecule has 0 radical (unpaired) electrons. The molecule has 4 nitrogen and oxygen atoms in total. The Balaban J connectivity index is 2.20. The van der Waals surface area contributed by atoms with Crippen molar-refractivity contribution in [2.24, 2.45) is 0 Å². The first-order valence-corrected chi connectivity index (χ1v) is 6.41. The minimum absolute atomic E-state index is 0.313. The van der Waals surface area contributed by atoms with Crippen LogP contribution < -0.4 is 0 Å². The van der Waals surface area contributed by atoms with Crippen LogP contribution in [-0.4, -0.2) is 38.1 Å². The Morgan fingerprint density at radius 2 is 2.11 bits per heavy atom. The van der Waals surface area contributed by atoms with Crippen LogP contribution in [0.3, 0.4) is 0 Å². The van der Waals surface area contributed by atoms with Crippen molar-refractivity contribution in [3.8, 4) is 0 Å². The van der Waals surface area contributed by atoms with Gasteiger partial charge in [0.1, 0.15) is 5.65 Å². The summed E-state index contributed by atoms with van der Waals surface area (Å²) < 4.78 is 2.09. The van der Waals surface area contributed by atoms with E-state index >= 15 is 0 Å². The minimum atomic E-state index is -0.313. The number of hydrogen-bond donors (Lipinski definition) is 1. The van der Waals surface area contributed by atoms with Crippen molar-refractivity contribution in [2.45, 2.75) is 39.5 Å². The van der Waals surface area contributed by atoms with E-state index in [0.717, 1.165) is 17.9 Å². The summed E-state index contributed by atoms with van der Waals surface area (Å²) in [5, 5.41) is 9.55. The molecule has 2 rings (SSSR count). The molecule has 0 saturated heterocycles. The molecular weight excluding hydrogens is 226 g/mol. The quantitative estimate of drug-likeness (QED) is 0.877. The molecule has 4 heteroatoms. The van der Waals surface area contributed by atoms with E-state index in [2.05, 4.69) is 28.1 Å². The number of nitrogens with zero attached hydrogens (tertiary/aromatic N) is 3. The lowest BCUT2D eigenvalue weighted by molar-refractivity contribution is 0.102. The fourth-order valence-corrected chi connectivity index (χ4v) is 2.11. The van der Waals surface area contributed by atoms with Gasteiger partial charge in [-0.25, -0.2) is 4.98 Å². The second-order valence-corrected chi connectivity index (χ2v) is 5.05. The molecule has 0 saturated carbocycles. The molecule has 1 unspecified atom stereocenters. The molecule has 0 aliphatic heterocycles. The second-order valence-electron chi connectivity index (χ2n) is 5.05. The molecule has 98 valence electrons. The lowest BCUT2D eigenvalue weighted by Gasteiger charge is -2.27. The molecule has 2 aromatic rings. The Kier molecular flexibility index (Phi) is 3.99. The summed E-state index contributed by atoms with van der Waals surface area (Å²) in [7, 11) is 0. The Bertz CT molecular complexity index is 504. The van der Waals surface area contributed by atoms with Gasteiger partial charge < -0.3 is 9.51 Å². The maximum atomic E-state index is 9.55. The third-order valence-electron chi connectivity index (χ3n) is 3.09. The molecule has 2 aromatic heterocycles. The van der Waals surface area contributed by atoms with E-state index in [9.17, 15) is 5.11 Å². The van der Waals surface area contributed by atoms with Crippen LogP contribution in [0.25, 0.3) is 5.65 Å². The monoisotopic (exact) mass is 247 g/mol. The normalized spacial score (nSPS) is 13.7. The van der Waals surface area contributed by atoms with Gasteiger partial charge in [0.25, 0.3) is 0 Å². The van der Waals surface area contributed by atoms with Gasteiger partial charge in [-0.3, -0.25) is 4.90 Å². The van der Waals surface area contributed by atoms with E-state index in [0.29, 0.717) is 12.6 Å². The smallest absolute Gasteiger partial charge is 0.136 e. The summed E-state index contributed by atoms with van der Waals surface area (Å²) >= 11 is 0. The van der Waals surface area contributed by atoms with Crippen molar-refractivity contribution >= 4 is 5.65 Å². The van der Waals surface area contributed by atoms with Gasteiger partial charge in [0.2, 0.25) is 0 Å². The first-order chi connectivity index (χ1) is 8.58. The van der Waals surface area contributed by atoms with Crippen molar-refractivity contribution in [2.75, 3.05) is 6.54 Å². The van der Waals surface area contributed by atoms with E-state index in [-0.39, 0.29) is 6.10 Å². The first-order valence-electron chi connectivity index (χ1n) is 6.41. The predicted molar refractivity (Wildman–Crippen MR) is 72.4 cm³/mol. The number of aromatic nitrogens is 2. The molecule has 18 heavy (non-hydrogen) atoms. The molecule has 0 aliphatic carbocycles. The fourth-order valence-electron chi connectivity index (χ4n) is 2.11. The summed E-state index contributed by atoms with van der Waals surface area (Å²) in [4.78, 5) is 6.64. The van der Waals surface area contributed by atoms with Crippen molar-refractivity contribution in [1.29, 1.82) is 0 Å². The highest BCUT2D eigenvalue weighted by atomic mass is 16.3. The van der Waals surface area contributed by atoms with Crippen molar-refractivity contribution < 1.29 is 5.11 Å². The standard InChI is InChI=1S/C14H21N3O/c1-11(2)16(9-12(3)18)10-13-8-15-14-6-4-5-7-17(13)14/h4-8,11-12,18H,9-10H2,1-3H3. The summed E-state index contributed by atoms with van der Waals surface area (Å²) in [5.74, 6) is 0. The Morgan fingerprint density at radius 3 is 2.78 bits per heavy atom. The molecule has 1 N–H and O–H groups in total. The zero-order valence-corrected chi connectivity index (χ0v) is 11.2. The van der Waals surface area contributed by atoms with Crippen LogP contribution in [0.5, 0.6) is 0 Å². The highest BCUT2D eigenvalue weighted by Gasteiger charge is 2.14. The van der Waals surface area contributed by atoms with Crippen LogP contribution in [0.15, 0.2) is 30.6 Å². The SMILES string of the molecule is CC(O)CN(Cc1cnc2ccccn12)C(C)C. The van der Waals surface area contributed by atoms with E-state index in [1.54, 1.807) is 0 Å². The molecule has 0 amide bonds. The third-order valence-corrected chi connectivity index (χ3v) is 3.09. The van der Waals surface area contributed by atoms with Crippen LogP contribution in [0.4, 0.5) is 0 Å². The predicted octanol–water partition coefficient (Wildman–Crippen LogP) is 1.93. The van der Waals surface area contributed by atoms with Crippen LogP contribution in [0.2, 0.25) is 0 Å². The zero-order chi connectivity index (χ0) is 13.1. The van der Waals surface area contributed by atoms with Gasteiger partial charge in [0, 0.05) is 25.3 Å². The average Bonchev–Trinajstić information content (AvgIpc) is 2.71. The van der Waals surface area contributed by atoms with E-state index in [4.69, 9.17) is 0 Å². The van der Waals surface area contributed by atoms with Gasteiger partial charge in [-0.05, 0) is 32.9 Å². The molecule has 0 spiro atoms. The lowest BCUT2D eigenvalue weighted by Crippen LogP contribution is -2.36. The van der Waals surface area contributed by atoms with Gasteiger partial charge >= 0.3 is 0 Å². The summed E-state index contributed by atoms with van der Waals surface area (Å²) in [6, 6.07) is 6.39. The minimum Gasteiger partial charge on any atom is -0.392 e. The first kappa shape index (κ1) is 13.1. The van der Waals surface area contributed by atoms with Gasteiger partial charge in [-0.15, -0.1) is 0 Å². The van der Waals surface area contributed by atoms with Crippen molar-refractivity contribution in [3.05, 3.63) is 36.3 Å². The maximum absolute atomic E-state index is 9.55. The number of hydrogen-bond acceptors (Lipinski definition) is 3. The number of aliphatic hydroxyl groups is 1. The van der Waals surface area contributed by atoms with E-state index in [1.807, 2.05) is 37.5 Å². The number of fused-ring (bicyclic) bond motifs is 1. The summed E-state index contributed by atoms with van der Waals surface area (Å²) in [6.07, 6.45) is 3.62. The second kappa shape index (κ2) is 5.50. The van der Waals surface area contributed by atoms with Crippen LogP contribution in [0.1, 0.15) is 26.5 Å². The molecular formula is C14H21N3O. The topological polar surface area (TPSA) is 40.8 Å². The molecule has 2 heterocycles. The molecule has 0 aliphatic rings. The molecule has 0 bridgehead atoms. The van der Waals surface area contributed by atoms with Crippen LogP contribution >= 0.6 is 0 Å². The largest absolute Gasteiger partial charge is 0.392 e. The number of aliphatic hydroxyl groups excluding tert-OH is 1. The molecule has 0 fully saturated rings. The van der Waals surface area contributed by atoms with E-state index < -0.39 is 0 Å². The third kappa shape index (κ3) is 2.89. The Morgan fingerprint density at radius 1 is 1.33 bits per heavy atom. The maximum Gasteiger partial charge on any atom is 0.136 e. The number of pyridine rings is 1. The number of rotatable bonds is 5. The highest BCUT2D eigenvalue weighted by Crippen LogP contribution is 2.11. The zero-order valence-electron chi connectivity index (χ0n) is 11.2. The van der Waals surface area contributed by atoms with Gasteiger partial charge in [-0.2, -0.15) is 0 Å². The van der Waals surface area contributed by atoms with Crippen molar-refractivity contribution in [3.63, 3.8) is 0 Å². The van der Waals surface area contributed by atoms with Gasteiger partial charge in [0.05, 0.1) is 18.0 Å². The van der Waals surface area contributed by atoms with Crippen molar-refractivity contribution in [1.82, 2.24) is 14.3 Å². The fraction of sp³-hybridized carbons (Fsp3) is 0.500. The average molecular weight is 247 g/mol.